The number of carboxylic acid groups (broad SMARTS) is 1. The van der Waals surface area contributed by atoms with Crippen molar-refractivity contribution >= 4 is 12.0 Å². The summed E-state index contributed by atoms with van der Waals surface area (Å²) in [5, 5.41) is 11.7. The minimum absolute atomic E-state index is 0.230. The second kappa shape index (κ2) is 7.14. The average molecular weight is 242 g/mol. The van der Waals surface area contributed by atoms with Crippen molar-refractivity contribution in [2.75, 3.05) is 13.1 Å². The van der Waals surface area contributed by atoms with Crippen LogP contribution in [0.3, 0.4) is 0 Å². The van der Waals surface area contributed by atoms with E-state index in [1.165, 1.54) is 17.7 Å². The van der Waals surface area contributed by atoms with Crippen molar-refractivity contribution < 1.29 is 14.7 Å². The van der Waals surface area contributed by atoms with Crippen molar-refractivity contribution in [2.24, 2.45) is 0 Å². The maximum Gasteiger partial charge on any atom is 0.326 e. The van der Waals surface area contributed by atoms with Crippen LogP contribution in [0.2, 0.25) is 0 Å². The number of aliphatic carboxylic acids is 1. The molecule has 1 heterocycles. The maximum atomic E-state index is 11.7. The van der Waals surface area contributed by atoms with Crippen molar-refractivity contribution in [2.45, 2.75) is 51.5 Å². The summed E-state index contributed by atoms with van der Waals surface area (Å²) >= 11 is 0. The first-order valence-electron chi connectivity index (χ1n) is 6.44. The molecule has 1 aliphatic rings. The molecule has 0 aromatic heterocycles. The van der Waals surface area contributed by atoms with E-state index in [2.05, 4.69) is 12.2 Å². The summed E-state index contributed by atoms with van der Waals surface area (Å²) in [6, 6.07) is -0.864. The molecule has 0 saturated carbocycles. The molecule has 1 fully saturated rings. The Hall–Kier alpha value is -1.26. The van der Waals surface area contributed by atoms with E-state index in [1.54, 1.807) is 0 Å². The van der Waals surface area contributed by atoms with Gasteiger partial charge >= 0.3 is 12.0 Å². The lowest BCUT2D eigenvalue weighted by molar-refractivity contribution is -0.141. The number of hydrogen-bond donors (Lipinski definition) is 2. The number of carboxylic acids is 1. The Morgan fingerprint density at radius 1 is 1.35 bits per heavy atom. The van der Waals surface area contributed by atoms with Gasteiger partial charge in [-0.3, -0.25) is 0 Å². The number of likely N-dealkylation sites (tertiary alicyclic amines) is 1. The van der Waals surface area contributed by atoms with Crippen LogP contribution in [0.25, 0.3) is 0 Å². The van der Waals surface area contributed by atoms with Gasteiger partial charge in [-0.15, -0.1) is 0 Å². The highest BCUT2D eigenvalue weighted by Gasteiger charge is 2.33. The summed E-state index contributed by atoms with van der Waals surface area (Å²) in [6.45, 7) is 3.33. The molecule has 1 unspecified atom stereocenters. The van der Waals surface area contributed by atoms with E-state index in [0.29, 0.717) is 19.5 Å². The van der Waals surface area contributed by atoms with E-state index in [4.69, 9.17) is 5.11 Å². The molecule has 17 heavy (non-hydrogen) atoms. The summed E-state index contributed by atoms with van der Waals surface area (Å²) < 4.78 is 0. The van der Waals surface area contributed by atoms with Gasteiger partial charge in [0, 0.05) is 13.1 Å². The molecule has 1 rings (SSSR count). The number of amides is 2. The van der Waals surface area contributed by atoms with Crippen LogP contribution in [-0.2, 0) is 4.79 Å². The first kappa shape index (κ1) is 13.8. The lowest BCUT2D eigenvalue weighted by Gasteiger charge is -2.21. The van der Waals surface area contributed by atoms with Crippen molar-refractivity contribution in [3.8, 4) is 0 Å². The summed E-state index contributed by atoms with van der Waals surface area (Å²) in [7, 11) is 0. The lowest BCUT2D eigenvalue weighted by Crippen LogP contribution is -2.46. The minimum atomic E-state index is -0.899. The fraction of sp³-hybridized carbons (Fsp3) is 0.833. The average Bonchev–Trinajstić information content (AvgIpc) is 2.77. The third-order valence-corrected chi connectivity index (χ3v) is 3.11. The lowest BCUT2D eigenvalue weighted by atomic mass is 10.2. The molecule has 0 bridgehead atoms. The predicted octanol–water partition coefficient (Wildman–Crippen LogP) is 1.83. The summed E-state index contributed by atoms with van der Waals surface area (Å²) in [6.07, 6.45) is 5.77. The molecule has 98 valence electrons. The topological polar surface area (TPSA) is 69.6 Å². The Kier molecular flexibility index (Phi) is 5.80. The number of carbonyl (C=O) groups is 2. The van der Waals surface area contributed by atoms with Crippen molar-refractivity contribution in [1.82, 2.24) is 10.2 Å². The molecule has 0 aromatic carbocycles. The molecule has 5 nitrogen and oxygen atoms in total. The van der Waals surface area contributed by atoms with Crippen LogP contribution in [0, 0.1) is 0 Å². The van der Waals surface area contributed by atoms with Gasteiger partial charge in [0.05, 0.1) is 0 Å². The SMILES string of the molecule is CCCCCCNC(=O)N1CCCC1C(=O)O. The van der Waals surface area contributed by atoms with E-state index in [1.807, 2.05) is 0 Å². The van der Waals surface area contributed by atoms with Crippen LogP contribution in [0.5, 0.6) is 0 Å². The molecular weight excluding hydrogens is 220 g/mol. The zero-order valence-corrected chi connectivity index (χ0v) is 10.4. The number of unbranched alkanes of at least 4 members (excludes halogenated alkanes) is 3. The van der Waals surface area contributed by atoms with Gasteiger partial charge in [-0.2, -0.15) is 0 Å². The highest BCUT2D eigenvalue weighted by molar-refractivity contribution is 5.83. The molecule has 2 N–H and O–H groups in total. The second-order valence-electron chi connectivity index (χ2n) is 4.48. The summed E-state index contributed by atoms with van der Waals surface area (Å²) in [5.41, 5.74) is 0. The van der Waals surface area contributed by atoms with E-state index >= 15 is 0 Å². The third kappa shape index (κ3) is 4.24. The van der Waals surface area contributed by atoms with Gasteiger partial charge in [-0.1, -0.05) is 26.2 Å². The van der Waals surface area contributed by atoms with Gasteiger partial charge < -0.3 is 15.3 Å². The Balaban J connectivity index is 2.25. The fourth-order valence-electron chi connectivity index (χ4n) is 2.12. The number of urea groups is 1. The monoisotopic (exact) mass is 242 g/mol. The van der Waals surface area contributed by atoms with Gasteiger partial charge in [0.1, 0.15) is 6.04 Å². The molecule has 0 aromatic rings. The number of rotatable bonds is 6. The largest absolute Gasteiger partial charge is 0.480 e. The maximum absolute atomic E-state index is 11.7. The Morgan fingerprint density at radius 2 is 2.12 bits per heavy atom. The molecule has 2 amide bonds. The molecule has 1 aliphatic heterocycles. The normalized spacial score (nSPS) is 19.4. The molecule has 5 heteroatoms. The smallest absolute Gasteiger partial charge is 0.326 e. The van der Waals surface area contributed by atoms with Crippen molar-refractivity contribution in [3.63, 3.8) is 0 Å². The van der Waals surface area contributed by atoms with Crippen molar-refractivity contribution in [1.29, 1.82) is 0 Å². The number of hydrogen-bond acceptors (Lipinski definition) is 2. The van der Waals surface area contributed by atoms with E-state index < -0.39 is 12.0 Å². The minimum Gasteiger partial charge on any atom is -0.480 e. The van der Waals surface area contributed by atoms with Gasteiger partial charge in [-0.05, 0) is 19.3 Å². The quantitative estimate of drug-likeness (QED) is 0.698. The molecule has 1 saturated heterocycles. The zero-order chi connectivity index (χ0) is 12.7. The number of nitrogens with one attached hydrogen (secondary N) is 1. The highest BCUT2D eigenvalue weighted by Crippen LogP contribution is 2.17. The second-order valence-corrected chi connectivity index (χ2v) is 4.48. The van der Waals surface area contributed by atoms with Gasteiger partial charge in [0.25, 0.3) is 0 Å². The summed E-state index contributed by atoms with van der Waals surface area (Å²) in [4.78, 5) is 24.1. The van der Waals surface area contributed by atoms with Crippen LogP contribution in [-0.4, -0.2) is 41.1 Å². The Labute approximate surface area is 102 Å². The van der Waals surface area contributed by atoms with Crippen LogP contribution < -0.4 is 5.32 Å². The van der Waals surface area contributed by atoms with Crippen LogP contribution >= 0.6 is 0 Å². The van der Waals surface area contributed by atoms with Crippen LogP contribution in [0.4, 0.5) is 4.79 Å². The third-order valence-electron chi connectivity index (χ3n) is 3.11. The van der Waals surface area contributed by atoms with E-state index in [9.17, 15) is 9.59 Å². The Bertz CT molecular complexity index is 268. The number of carbonyl (C=O) groups excluding carboxylic acids is 1. The van der Waals surface area contributed by atoms with Gasteiger partial charge in [0.15, 0.2) is 0 Å². The van der Waals surface area contributed by atoms with E-state index in [0.717, 1.165) is 19.3 Å². The molecule has 0 spiro atoms. The van der Waals surface area contributed by atoms with Gasteiger partial charge in [0.2, 0.25) is 0 Å². The zero-order valence-electron chi connectivity index (χ0n) is 10.4. The molecule has 1 atom stereocenters. The standard InChI is InChI=1S/C12H22N2O3/c1-2-3-4-5-8-13-12(17)14-9-6-7-10(14)11(15)16/h10H,2-9H2,1H3,(H,13,17)(H,15,16). The summed E-state index contributed by atoms with van der Waals surface area (Å²) in [5.74, 6) is -0.899. The Morgan fingerprint density at radius 3 is 2.76 bits per heavy atom. The predicted molar refractivity (Wildman–Crippen MR) is 64.9 cm³/mol. The first-order valence-corrected chi connectivity index (χ1v) is 6.44. The van der Waals surface area contributed by atoms with Gasteiger partial charge in [-0.25, -0.2) is 9.59 Å². The molecular formula is C12H22N2O3. The van der Waals surface area contributed by atoms with E-state index in [-0.39, 0.29) is 6.03 Å². The first-order chi connectivity index (χ1) is 8.16. The van der Waals surface area contributed by atoms with Crippen LogP contribution in [0.15, 0.2) is 0 Å². The molecule has 0 radical (unpaired) electrons. The van der Waals surface area contributed by atoms with Crippen LogP contribution in [0.1, 0.15) is 45.4 Å². The van der Waals surface area contributed by atoms with Crippen molar-refractivity contribution in [3.05, 3.63) is 0 Å². The fourth-order valence-corrected chi connectivity index (χ4v) is 2.12. The highest BCUT2D eigenvalue weighted by atomic mass is 16.4. The molecule has 0 aliphatic carbocycles. The number of nitrogens with zero attached hydrogens (tertiary/aromatic N) is 1.